The van der Waals surface area contributed by atoms with Crippen LogP contribution in [0.25, 0.3) is 39.6 Å². The number of aromatic nitrogens is 4. The number of non-ortho nitro benzene ring substituents is 1. The third-order valence-electron chi connectivity index (χ3n) is 6.50. The topological polar surface area (TPSA) is 133 Å². The van der Waals surface area contributed by atoms with E-state index in [0.717, 1.165) is 16.8 Å². The van der Waals surface area contributed by atoms with Gasteiger partial charge in [-0.3, -0.25) is 14.7 Å². The van der Waals surface area contributed by atoms with Gasteiger partial charge in [-0.25, -0.2) is 28.1 Å². The van der Waals surface area contributed by atoms with E-state index in [0.29, 0.717) is 22.8 Å². The molecule has 0 atom stereocenters. The van der Waals surface area contributed by atoms with Gasteiger partial charge in [-0.2, -0.15) is 0 Å². The zero-order valence-corrected chi connectivity index (χ0v) is 22.7. The third kappa shape index (κ3) is 5.23. The van der Waals surface area contributed by atoms with Crippen molar-refractivity contribution in [2.24, 2.45) is 0 Å². The molecule has 0 saturated carbocycles. The zero-order chi connectivity index (χ0) is 29.1. The van der Waals surface area contributed by atoms with Gasteiger partial charge in [0, 0.05) is 46.9 Å². The van der Waals surface area contributed by atoms with Crippen LogP contribution in [0.2, 0.25) is 0 Å². The Bertz CT molecular complexity index is 1960. The molecule has 0 aliphatic heterocycles. The van der Waals surface area contributed by atoms with Crippen molar-refractivity contribution >= 4 is 21.7 Å². The Labute approximate surface area is 241 Å². The van der Waals surface area contributed by atoms with Gasteiger partial charge >= 0.3 is 0 Å². The Morgan fingerprint density at radius 1 is 0.690 bits per heavy atom. The van der Waals surface area contributed by atoms with Crippen LogP contribution in [0, 0.1) is 10.1 Å². The van der Waals surface area contributed by atoms with Crippen LogP contribution in [0.3, 0.4) is 0 Å². The molecule has 0 aliphatic carbocycles. The van der Waals surface area contributed by atoms with Gasteiger partial charge in [0.25, 0.3) is 15.7 Å². The molecule has 0 aliphatic rings. The Morgan fingerprint density at radius 3 is 1.88 bits per heavy atom. The van der Waals surface area contributed by atoms with E-state index < -0.39 is 14.9 Å². The lowest BCUT2D eigenvalue weighted by atomic mass is 10.0. The molecule has 0 spiro atoms. The van der Waals surface area contributed by atoms with E-state index in [-0.39, 0.29) is 16.5 Å². The van der Waals surface area contributed by atoms with Crippen molar-refractivity contribution in [1.29, 1.82) is 0 Å². The van der Waals surface area contributed by atoms with Crippen molar-refractivity contribution in [2.75, 3.05) is 4.72 Å². The molecule has 11 heteroatoms. The van der Waals surface area contributed by atoms with E-state index in [1.165, 1.54) is 36.7 Å². The second kappa shape index (κ2) is 11.1. The Morgan fingerprint density at radius 2 is 1.29 bits per heavy atom. The molecule has 4 aromatic carbocycles. The average molecular weight is 575 g/mol. The zero-order valence-electron chi connectivity index (χ0n) is 21.9. The predicted molar refractivity (Wildman–Crippen MR) is 159 cm³/mol. The highest BCUT2D eigenvalue weighted by Crippen LogP contribution is 2.39. The molecule has 0 amide bonds. The smallest absolute Gasteiger partial charge is 0.269 e. The van der Waals surface area contributed by atoms with Crippen molar-refractivity contribution in [3.8, 4) is 39.6 Å². The lowest BCUT2D eigenvalue weighted by molar-refractivity contribution is -0.384. The summed E-state index contributed by atoms with van der Waals surface area (Å²) in [6.45, 7) is 0. The number of nitro benzene ring substituents is 1. The molecule has 0 fully saturated rings. The van der Waals surface area contributed by atoms with Crippen molar-refractivity contribution in [3.05, 3.63) is 138 Å². The number of sulfonamides is 1. The van der Waals surface area contributed by atoms with Gasteiger partial charge in [-0.1, -0.05) is 60.7 Å². The molecule has 2 heterocycles. The van der Waals surface area contributed by atoms with Gasteiger partial charge in [-0.15, -0.1) is 0 Å². The maximum absolute atomic E-state index is 13.0. The first-order valence-corrected chi connectivity index (χ1v) is 14.3. The summed E-state index contributed by atoms with van der Waals surface area (Å²) in [5.74, 6) is 0.504. The van der Waals surface area contributed by atoms with Crippen LogP contribution in [0.5, 0.6) is 0 Å². The normalized spacial score (nSPS) is 11.2. The molecule has 0 radical (unpaired) electrons. The summed E-state index contributed by atoms with van der Waals surface area (Å²) in [7, 11) is -3.95. The van der Waals surface area contributed by atoms with Crippen LogP contribution < -0.4 is 4.72 Å². The lowest BCUT2D eigenvalue weighted by Crippen LogP contribution is -2.15. The summed E-state index contributed by atoms with van der Waals surface area (Å²) in [5.41, 5.74) is 4.51. The van der Waals surface area contributed by atoms with Crippen LogP contribution in [0.1, 0.15) is 0 Å². The molecular formula is C31H22N6O4S. The summed E-state index contributed by atoms with van der Waals surface area (Å²) < 4.78 is 30.4. The first-order chi connectivity index (χ1) is 20.4. The molecule has 6 rings (SSSR count). The maximum atomic E-state index is 13.0. The van der Waals surface area contributed by atoms with Crippen LogP contribution >= 0.6 is 0 Å². The summed E-state index contributed by atoms with van der Waals surface area (Å²) in [6.07, 6.45) is 2.89. The third-order valence-corrected chi connectivity index (χ3v) is 7.85. The summed E-state index contributed by atoms with van der Waals surface area (Å²) >= 11 is 0. The molecule has 10 nitrogen and oxygen atoms in total. The number of anilines is 1. The average Bonchev–Trinajstić information content (AvgIpc) is 3.43. The second-order valence-corrected chi connectivity index (χ2v) is 10.9. The van der Waals surface area contributed by atoms with Crippen molar-refractivity contribution in [2.45, 2.75) is 4.90 Å². The molecule has 206 valence electrons. The minimum Gasteiger partial charge on any atom is -0.292 e. The van der Waals surface area contributed by atoms with E-state index in [1.807, 2.05) is 65.2 Å². The summed E-state index contributed by atoms with van der Waals surface area (Å²) in [5, 5.41) is 11.3. The number of imidazole rings is 1. The first-order valence-electron chi connectivity index (χ1n) is 12.8. The standard InChI is InChI=1S/C31H22N6O4S/c38-37(39)26-14-12-24(13-15-26)30-34-28(22-8-3-1-4-9-22)29(23-10-5-2-6-11-23)36(30)25-16-18-27(19-17-25)42(40,41)35-31-32-20-7-21-33-31/h1-21H,(H,32,33,35). The molecule has 1 N–H and O–H groups in total. The SMILES string of the molecule is O=[N+]([O-])c1ccc(-c2nc(-c3ccccc3)c(-c3ccccc3)n2-c2ccc(S(=O)(=O)Nc3ncccn3)cc2)cc1. The quantitative estimate of drug-likeness (QED) is 0.165. The fraction of sp³-hybridized carbons (Fsp3) is 0. The minimum atomic E-state index is -3.95. The number of rotatable bonds is 8. The maximum Gasteiger partial charge on any atom is 0.269 e. The molecule has 0 bridgehead atoms. The molecule has 6 aromatic rings. The number of nitrogens with zero attached hydrogens (tertiary/aromatic N) is 5. The Balaban J connectivity index is 1.54. The van der Waals surface area contributed by atoms with E-state index in [9.17, 15) is 18.5 Å². The Kier molecular flexibility index (Phi) is 6.99. The highest BCUT2D eigenvalue weighted by Gasteiger charge is 2.24. The highest BCUT2D eigenvalue weighted by molar-refractivity contribution is 7.92. The van der Waals surface area contributed by atoms with Gasteiger partial charge in [0.1, 0.15) is 5.82 Å². The second-order valence-electron chi connectivity index (χ2n) is 9.18. The van der Waals surface area contributed by atoms with Crippen molar-refractivity contribution < 1.29 is 13.3 Å². The van der Waals surface area contributed by atoms with Gasteiger partial charge in [-0.05, 0) is 42.5 Å². The largest absolute Gasteiger partial charge is 0.292 e. The number of nitrogens with one attached hydrogen (secondary N) is 1. The monoisotopic (exact) mass is 574 g/mol. The van der Waals surface area contributed by atoms with Gasteiger partial charge in [0.2, 0.25) is 5.95 Å². The van der Waals surface area contributed by atoms with Crippen LogP contribution in [-0.4, -0.2) is 32.9 Å². The van der Waals surface area contributed by atoms with E-state index in [1.54, 1.807) is 30.3 Å². The fourth-order valence-corrected chi connectivity index (χ4v) is 5.52. The molecule has 0 unspecified atom stereocenters. The molecule has 42 heavy (non-hydrogen) atoms. The highest BCUT2D eigenvalue weighted by atomic mass is 32.2. The number of nitro groups is 1. The van der Waals surface area contributed by atoms with E-state index in [2.05, 4.69) is 14.7 Å². The van der Waals surface area contributed by atoms with Crippen LogP contribution in [0.4, 0.5) is 11.6 Å². The van der Waals surface area contributed by atoms with Gasteiger partial charge in [0.05, 0.1) is 21.2 Å². The van der Waals surface area contributed by atoms with Crippen LogP contribution in [0.15, 0.2) is 133 Å². The Hall–Kier alpha value is -5.68. The summed E-state index contributed by atoms with van der Waals surface area (Å²) in [6, 6.07) is 33.6. The lowest BCUT2D eigenvalue weighted by Gasteiger charge is -2.14. The number of hydrogen-bond acceptors (Lipinski definition) is 7. The van der Waals surface area contributed by atoms with E-state index >= 15 is 0 Å². The van der Waals surface area contributed by atoms with Crippen molar-refractivity contribution in [1.82, 2.24) is 19.5 Å². The first kappa shape index (κ1) is 26.5. The molecular weight excluding hydrogens is 552 g/mol. The van der Waals surface area contributed by atoms with E-state index in [4.69, 9.17) is 4.98 Å². The fourth-order valence-electron chi connectivity index (χ4n) is 4.56. The van der Waals surface area contributed by atoms with Gasteiger partial charge in [0.15, 0.2) is 0 Å². The summed E-state index contributed by atoms with van der Waals surface area (Å²) in [4.78, 5) is 23.8. The molecule has 2 aromatic heterocycles. The van der Waals surface area contributed by atoms with Crippen molar-refractivity contribution in [3.63, 3.8) is 0 Å². The number of benzene rings is 4. The van der Waals surface area contributed by atoms with Gasteiger partial charge < -0.3 is 0 Å². The van der Waals surface area contributed by atoms with Crippen LogP contribution in [-0.2, 0) is 10.0 Å². The minimum absolute atomic E-state index is 0.0280. The number of hydrogen-bond donors (Lipinski definition) is 1. The predicted octanol–water partition coefficient (Wildman–Crippen LogP) is 6.37. The molecule has 0 saturated heterocycles.